The molecule has 0 radical (unpaired) electrons. The molecule has 0 unspecified atom stereocenters. The lowest BCUT2D eigenvalue weighted by atomic mass is 10.1. The molecule has 0 atom stereocenters. The minimum atomic E-state index is -3.92. The number of nitrogens with one attached hydrogen (secondary N) is 2. The molecule has 3 aromatic rings. The fraction of sp³-hybridized carbons (Fsp3) is 0.174. The molecule has 0 heterocycles. The van der Waals surface area contributed by atoms with E-state index >= 15 is 0 Å². The highest BCUT2D eigenvalue weighted by atomic mass is 35.5. The van der Waals surface area contributed by atoms with E-state index in [0.29, 0.717) is 23.6 Å². The van der Waals surface area contributed by atoms with Crippen LogP contribution in [-0.2, 0) is 22.9 Å². The quantitative estimate of drug-likeness (QED) is 0.506. The van der Waals surface area contributed by atoms with Crippen LogP contribution in [-0.4, -0.2) is 20.9 Å². The van der Waals surface area contributed by atoms with Gasteiger partial charge in [0.25, 0.3) is 5.91 Å². The van der Waals surface area contributed by atoms with Crippen molar-refractivity contribution in [1.82, 2.24) is 4.72 Å². The van der Waals surface area contributed by atoms with E-state index in [2.05, 4.69) is 10.0 Å². The lowest BCUT2D eigenvalue weighted by Gasteiger charge is -2.12. The minimum absolute atomic E-state index is 0.146. The van der Waals surface area contributed by atoms with Gasteiger partial charge in [-0.15, -0.1) is 0 Å². The number of aryl methyl sites for hydroxylation is 1. The first-order chi connectivity index (χ1) is 14.8. The number of para-hydroxylation sites is 1. The number of carbonyl (C=O) groups is 1. The molecule has 5 nitrogen and oxygen atoms in total. The fourth-order valence-electron chi connectivity index (χ4n) is 3.05. The summed E-state index contributed by atoms with van der Waals surface area (Å²) in [6.45, 7) is 2.08. The molecule has 3 aromatic carbocycles. The van der Waals surface area contributed by atoms with E-state index in [1.807, 2.05) is 31.2 Å². The van der Waals surface area contributed by atoms with Crippen molar-refractivity contribution >= 4 is 33.2 Å². The van der Waals surface area contributed by atoms with Crippen molar-refractivity contribution < 1.29 is 17.6 Å². The first-order valence-electron chi connectivity index (χ1n) is 9.73. The Morgan fingerprint density at radius 3 is 2.45 bits per heavy atom. The van der Waals surface area contributed by atoms with Crippen molar-refractivity contribution in [2.24, 2.45) is 0 Å². The van der Waals surface area contributed by atoms with Crippen LogP contribution in [0.4, 0.5) is 10.1 Å². The third-order valence-electron chi connectivity index (χ3n) is 4.76. The fourth-order valence-corrected chi connectivity index (χ4v) is 4.23. The van der Waals surface area contributed by atoms with Gasteiger partial charge in [0, 0.05) is 17.3 Å². The Bertz CT molecular complexity index is 1180. The van der Waals surface area contributed by atoms with Crippen molar-refractivity contribution in [2.75, 3.05) is 11.9 Å². The van der Waals surface area contributed by atoms with Gasteiger partial charge in [0.05, 0.1) is 10.5 Å². The average molecular weight is 461 g/mol. The number of anilines is 1. The van der Waals surface area contributed by atoms with Crippen LogP contribution in [0, 0.1) is 5.82 Å². The SMILES string of the molecule is CCc1ccccc1NC(=O)c1cc(S(=O)(=O)NCCc2ccc(Cl)cc2)ccc1F. The molecule has 0 aliphatic carbocycles. The third-order valence-corrected chi connectivity index (χ3v) is 6.47. The normalized spacial score (nSPS) is 11.3. The van der Waals surface area contributed by atoms with Crippen molar-refractivity contribution in [3.05, 3.63) is 94.3 Å². The standard InChI is InChI=1S/C23H22ClFN2O3S/c1-2-17-5-3-4-6-22(17)27-23(28)20-15-19(11-12-21(20)25)31(29,30)26-14-13-16-7-9-18(24)10-8-16/h3-12,15,26H,2,13-14H2,1H3,(H,27,28). The van der Waals surface area contributed by atoms with Gasteiger partial charge in [-0.2, -0.15) is 0 Å². The van der Waals surface area contributed by atoms with Gasteiger partial charge in [-0.05, 0) is 60.4 Å². The maximum atomic E-state index is 14.3. The maximum absolute atomic E-state index is 14.3. The van der Waals surface area contributed by atoms with Gasteiger partial charge in [0.1, 0.15) is 5.82 Å². The number of hydrogen-bond acceptors (Lipinski definition) is 3. The second-order valence-electron chi connectivity index (χ2n) is 6.88. The molecular weight excluding hydrogens is 439 g/mol. The van der Waals surface area contributed by atoms with Crippen LogP contribution in [0.15, 0.2) is 71.6 Å². The summed E-state index contributed by atoms with van der Waals surface area (Å²) in [4.78, 5) is 12.5. The van der Waals surface area contributed by atoms with E-state index in [1.54, 1.807) is 24.3 Å². The summed E-state index contributed by atoms with van der Waals surface area (Å²) >= 11 is 5.84. The van der Waals surface area contributed by atoms with E-state index in [0.717, 1.165) is 29.3 Å². The molecule has 0 fully saturated rings. The Labute approximate surface area is 186 Å². The zero-order chi connectivity index (χ0) is 22.4. The molecule has 0 bridgehead atoms. The average Bonchev–Trinajstić information content (AvgIpc) is 2.75. The highest BCUT2D eigenvalue weighted by molar-refractivity contribution is 7.89. The predicted octanol–water partition coefficient (Wildman–Crippen LogP) is 4.81. The van der Waals surface area contributed by atoms with E-state index in [1.165, 1.54) is 0 Å². The number of halogens is 2. The van der Waals surface area contributed by atoms with E-state index in [-0.39, 0.29) is 17.0 Å². The Balaban J connectivity index is 1.74. The summed E-state index contributed by atoms with van der Waals surface area (Å²) in [5.41, 5.74) is 2.03. The Kier molecular flexibility index (Phi) is 7.43. The van der Waals surface area contributed by atoms with Crippen molar-refractivity contribution in [1.29, 1.82) is 0 Å². The van der Waals surface area contributed by atoms with E-state index < -0.39 is 21.7 Å². The van der Waals surface area contributed by atoms with Crippen LogP contribution in [0.5, 0.6) is 0 Å². The van der Waals surface area contributed by atoms with Crippen molar-refractivity contribution in [2.45, 2.75) is 24.7 Å². The first kappa shape index (κ1) is 22.9. The minimum Gasteiger partial charge on any atom is -0.322 e. The second-order valence-corrected chi connectivity index (χ2v) is 9.08. The zero-order valence-corrected chi connectivity index (χ0v) is 18.4. The molecule has 0 aliphatic heterocycles. The highest BCUT2D eigenvalue weighted by Crippen LogP contribution is 2.20. The van der Waals surface area contributed by atoms with Crippen LogP contribution in [0.3, 0.4) is 0 Å². The molecule has 2 N–H and O–H groups in total. The molecule has 0 aliphatic rings. The van der Waals surface area contributed by atoms with Crippen LogP contribution in [0.1, 0.15) is 28.4 Å². The molecule has 0 aromatic heterocycles. The summed E-state index contributed by atoms with van der Waals surface area (Å²) in [6.07, 6.45) is 1.14. The summed E-state index contributed by atoms with van der Waals surface area (Å²) in [6, 6.07) is 17.4. The number of sulfonamides is 1. The zero-order valence-electron chi connectivity index (χ0n) is 16.9. The van der Waals surface area contributed by atoms with Crippen molar-refractivity contribution in [3.8, 4) is 0 Å². The van der Waals surface area contributed by atoms with Gasteiger partial charge in [-0.1, -0.05) is 48.9 Å². The van der Waals surface area contributed by atoms with Crippen LogP contribution in [0.25, 0.3) is 0 Å². The number of benzene rings is 3. The monoisotopic (exact) mass is 460 g/mol. The summed E-state index contributed by atoms with van der Waals surface area (Å²) in [7, 11) is -3.92. The lowest BCUT2D eigenvalue weighted by Crippen LogP contribution is -2.26. The summed E-state index contributed by atoms with van der Waals surface area (Å²) < 4.78 is 42.1. The molecule has 3 rings (SSSR count). The molecule has 31 heavy (non-hydrogen) atoms. The molecule has 8 heteroatoms. The summed E-state index contributed by atoms with van der Waals surface area (Å²) in [5, 5.41) is 3.26. The second kappa shape index (κ2) is 10.0. The molecular formula is C23H22ClFN2O3S. The number of carbonyl (C=O) groups excluding carboxylic acids is 1. The Morgan fingerprint density at radius 1 is 1.03 bits per heavy atom. The molecule has 162 valence electrons. The predicted molar refractivity (Wildman–Crippen MR) is 121 cm³/mol. The van der Waals surface area contributed by atoms with Gasteiger partial charge in [0.2, 0.25) is 10.0 Å². The largest absolute Gasteiger partial charge is 0.322 e. The van der Waals surface area contributed by atoms with Crippen LogP contribution < -0.4 is 10.0 Å². The van der Waals surface area contributed by atoms with Gasteiger partial charge < -0.3 is 5.32 Å². The van der Waals surface area contributed by atoms with E-state index in [9.17, 15) is 17.6 Å². The molecule has 1 amide bonds. The Morgan fingerprint density at radius 2 is 1.74 bits per heavy atom. The topological polar surface area (TPSA) is 75.3 Å². The smallest absolute Gasteiger partial charge is 0.258 e. The number of amides is 1. The summed E-state index contributed by atoms with van der Waals surface area (Å²) in [5.74, 6) is -1.51. The number of hydrogen-bond donors (Lipinski definition) is 2. The first-order valence-corrected chi connectivity index (χ1v) is 11.6. The van der Waals surface area contributed by atoms with Crippen LogP contribution in [0.2, 0.25) is 5.02 Å². The van der Waals surface area contributed by atoms with Gasteiger partial charge in [-0.25, -0.2) is 17.5 Å². The van der Waals surface area contributed by atoms with Crippen molar-refractivity contribution in [3.63, 3.8) is 0 Å². The maximum Gasteiger partial charge on any atom is 0.258 e. The van der Waals surface area contributed by atoms with E-state index in [4.69, 9.17) is 11.6 Å². The Hall–Kier alpha value is -2.74. The molecule has 0 saturated heterocycles. The van der Waals surface area contributed by atoms with Crippen LogP contribution >= 0.6 is 11.6 Å². The lowest BCUT2D eigenvalue weighted by molar-refractivity contribution is 0.102. The number of rotatable bonds is 8. The third kappa shape index (κ3) is 5.91. The molecule has 0 saturated carbocycles. The highest BCUT2D eigenvalue weighted by Gasteiger charge is 2.20. The van der Waals surface area contributed by atoms with Gasteiger partial charge in [0.15, 0.2) is 0 Å². The molecule has 0 spiro atoms. The van der Waals surface area contributed by atoms with Gasteiger partial charge >= 0.3 is 0 Å². The van der Waals surface area contributed by atoms with Gasteiger partial charge in [-0.3, -0.25) is 4.79 Å².